The van der Waals surface area contributed by atoms with Gasteiger partial charge in [-0.15, -0.1) is 0 Å². The molecule has 4 nitrogen and oxygen atoms in total. The van der Waals surface area contributed by atoms with Crippen molar-refractivity contribution in [2.24, 2.45) is 17.8 Å². The van der Waals surface area contributed by atoms with Crippen LogP contribution in [0.3, 0.4) is 0 Å². The maximum absolute atomic E-state index is 12.2. The fraction of sp³-hybridized carbons (Fsp3) is 0.750. The molecule has 2 saturated carbocycles. The second-order valence-electron chi connectivity index (χ2n) is 6.75. The van der Waals surface area contributed by atoms with Crippen molar-refractivity contribution in [2.75, 3.05) is 0 Å². The number of hydrogen-bond donors (Lipinski definition) is 1. The lowest BCUT2D eigenvalue weighted by molar-refractivity contribution is -0.122. The molecule has 1 aromatic rings. The number of rotatable bonds is 5. The molecule has 0 saturated heterocycles. The van der Waals surface area contributed by atoms with E-state index < -0.39 is 0 Å². The predicted molar refractivity (Wildman–Crippen MR) is 90.8 cm³/mol. The van der Waals surface area contributed by atoms with Gasteiger partial charge in [-0.1, -0.05) is 6.42 Å². The minimum atomic E-state index is 0.162. The quantitative estimate of drug-likeness (QED) is 0.771. The number of amides is 1. The molecule has 1 amide bonds. The molecular formula is C16H24IN3O. The first kappa shape index (κ1) is 15.3. The number of carbonyl (C=O) groups is 1. The second kappa shape index (κ2) is 6.26. The van der Waals surface area contributed by atoms with Gasteiger partial charge in [-0.2, -0.15) is 5.10 Å². The highest BCUT2D eigenvalue weighted by Crippen LogP contribution is 2.49. The summed E-state index contributed by atoms with van der Waals surface area (Å²) in [6.45, 7) is 4.90. The first-order valence-electron chi connectivity index (χ1n) is 8.02. The van der Waals surface area contributed by atoms with Gasteiger partial charge in [0.15, 0.2) is 0 Å². The number of aryl methyl sites for hydroxylation is 1. The third-order valence-electron chi connectivity index (χ3n) is 5.42. The van der Waals surface area contributed by atoms with Crippen LogP contribution in [0.4, 0.5) is 0 Å². The largest absolute Gasteiger partial charge is 0.353 e. The second-order valence-corrected chi connectivity index (χ2v) is 7.91. The average molecular weight is 401 g/mol. The number of nitrogens with zero attached hydrogens (tertiary/aromatic N) is 2. The fourth-order valence-corrected chi connectivity index (χ4v) is 4.60. The van der Waals surface area contributed by atoms with E-state index in [2.05, 4.69) is 39.9 Å². The third-order valence-corrected chi connectivity index (χ3v) is 6.48. The fourth-order valence-electron chi connectivity index (χ4n) is 4.20. The number of carbonyl (C=O) groups excluding carboxylic acids is 1. The summed E-state index contributed by atoms with van der Waals surface area (Å²) in [5.41, 5.74) is 1.14. The van der Waals surface area contributed by atoms with Crippen molar-refractivity contribution < 1.29 is 4.79 Å². The van der Waals surface area contributed by atoms with E-state index >= 15 is 0 Å². The Bertz CT molecular complexity index is 528. The molecule has 0 aromatic carbocycles. The summed E-state index contributed by atoms with van der Waals surface area (Å²) in [6.07, 6.45) is 7.88. The zero-order valence-electron chi connectivity index (χ0n) is 12.8. The molecule has 1 heterocycles. The van der Waals surface area contributed by atoms with Crippen molar-refractivity contribution in [3.8, 4) is 0 Å². The lowest BCUT2D eigenvalue weighted by Crippen LogP contribution is -2.40. The first-order valence-corrected chi connectivity index (χ1v) is 9.09. The van der Waals surface area contributed by atoms with Crippen LogP contribution in [0.25, 0.3) is 0 Å². The Kier molecular flexibility index (Phi) is 4.57. The van der Waals surface area contributed by atoms with E-state index in [0.717, 1.165) is 21.1 Å². The molecule has 2 aliphatic carbocycles. The molecule has 0 unspecified atom stereocenters. The van der Waals surface area contributed by atoms with Gasteiger partial charge in [0, 0.05) is 24.7 Å². The zero-order valence-corrected chi connectivity index (χ0v) is 15.0. The molecule has 2 aliphatic rings. The van der Waals surface area contributed by atoms with Crippen molar-refractivity contribution in [3.05, 3.63) is 15.5 Å². The average Bonchev–Trinajstić information content (AvgIpc) is 3.15. The molecule has 0 radical (unpaired) electrons. The Morgan fingerprint density at radius 1 is 1.52 bits per heavy atom. The van der Waals surface area contributed by atoms with E-state index in [1.807, 2.05) is 17.8 Å². The van der Waals surface area contributed by atoms with Crippen molar-refractivity contribution >= 4 is 28.5 Å². The predicted octanol–water partition coefficient (Wildman–Crippen LogP) is 3.13. The van der Waals surface area contributed by atoms with Crippen molar-refractivity contribution in [3.63, 3.8) is 0 Å². The number of hydrogen-bond acceptors (Lipinski definition) is 2. The third kappa shape index (κ3) is 3.27. The van der Waals surface area contributed by atoms with Crippen LogP contribution in [0, 0.1) is 28.2 Å². The van der Waals surface area contributed by atoms with Crippen LogP contribution in [0.5, 0.6) is 0 Å². The molecule has 21 heavy (non-hydrogen) atoms. The van der Waals surface area contributed by atoms with Crippen LogP contribution in [0.1, 0.15) is 44.7 Å². The van der Waals surface area contributed by atoms with E-state index in [9.17, 15) is 4.79 Å². The minimum Gasteiger partial charge on any atom is -0.353 e. The molecule has 2 bridgehead atoms. The summed E-state index contributed by atoms with van der Waals surface area (Å²) < 4.78 is 3.08. The van der Waals surface area contributed by atoms with Gasteiger partial charge in [0.25, 0.3) is 0 Å². The van der Waals surface area contributed by atoms with Crippen molar-refractivity contribution in [1.82, 2.24) is 15.1 Å². The van der Waals surface area contributed by atoms with Gasteiger partial charge in [-0.25, -0.2) is 0 Å². The van der Waals surface area contributed by atoms with Gasteiger partial charge in [0.2, 0.25) is 5.91 Å². The number of fused-ring (bicyclic) bond motifs is 2. The van der Waals surface area contributed by atoms with E-state index in [1.165, 1.54) is 25.7 Å². The zero-order chi connectivity index (χ0) is 15.0. The Balaban J connectivity index is 1.47. The standard InChI is InChI=1S/C16H24IN3O/c1-10(14-8-12-3-4-13(14)7-12)19-16(21)5-6-20-11(2)15(17)9-18-20/h9-10,12-14H,3-8H2,1-2H3,(H,19,21)/t10-,12+,13+,14+/m1/s1. The highest BCUT2D eigenvalue weighted by atomic mass is 127. The summed E-state index contributed by atoms with van der Waals surface area (Å²) >= 11 is 2.27. The normalized spacial score (nSPS) is 28.8. The molecule has 0 aliphatic heterocycles. The lowest BCUT2D eigenvalue weighted by Gasteiger charge is -2.28. The summed E-state index contributed by atoms with van der Waals surface area (Å²) in [6, 6.07) is 0.326. The molecule has 5 heteroatoms. The molecule has 1 aromatic heterocycles. The minimum absolute atomic E-state index is 0.162. The van der Waals surface area contributed by atoms with E-state index in [1.54, 1.807) is 0 Å². The Hall–Kier alpha value is -0.590. The molecule has 116 valence electrons. The summed E-state index contributed by atoms with van der Waals surface area (Å²) in [5, 5.41) is 7.53. The van der Waals surface area contributed by atoms with Gasteiger partial charge >= 0.3 is 0 Å². The number of halogens is 1. The van der Waals surface area contributed by atoms with Crippen LogP contribution in [-0.2, 0) is 11.3 Å². The van der Waals surface area contributed by atoms with Gasteiger partial charge in [-0.3, -0.25) is 9.48 Å². The van der Waals surface area contributed by atoms with Crippen LogP contribution in [0.15, 0.2) is 6.20 Å². The highest BCUT2D eigenvalue weighted by molar-refractivity contribution is 14.1. The van der Waals surface area contributed by atoms with Crippen molar-refractivity contribution in [2.45, 2.75) is 58.5 Å². The van der Waals surface area contributed by atoms with Crippen LogP contribution < -0.4 is 5.32 Å². The maximum Gasteiger partial charge on any atom is 0.222 e. The summed E-state index contributed by atoms with van der Waals surface area (Å²) in [4.78, 5) is 12.2. The molecule has 1 N–H and O–H groups in total. The number of nitrogens with one attached hydrogen (secondary N) is 1. The summed E-state index contributed by atoms with van der Waals surface area (Å²) in [5.74, 6) is 2.67. The van der Waals surface area contributed by atoms with Crippen LogP contribution in [0.2, 0.25) is 0 Å². The topological polar surface area (TPSA) is 46.9 Å². The number of aromatic nitrogens is 2. The van der Waals surface area contributed by atoms with E-state index in [-0.39, 0.29) is 5.91 Å². The Labute approximate surface area is 140 Å². The van der Waals surface area contributed by atoms with Crippen LogP contribution in [-0.4, -0.2) is 21.7 Å². The van der Waals surface area contributed by atoms with Crippen molar-refractivity contribution in [1.29, 1.82) is 0 Å². The summed E-state index contributed by atoms with van der Waals surface area (Å²) in [7, 11) is 0. The van der Waals surface area contributed by atoms with Gasteiger partial charge in [0.05, 0.1) is 9.77 Å². The van der Waals surface area contributed by atoms with Gasteiger partial charge < -0.3 is 5.32 Å². The van der Waals surface area contributed by atoms with Gasteiger partial charge in [-0.05, 0) is 73.5 Å². The highest BCUT2D eigenvalue weighted by Gasteiger charge is 2.42. The van der Waals surface area contributed by atoms with Gasteiger partial charge in [0.1, 0.15) is 0 Å². The maximum atomic E-state index is 12.2. The lowest BCUT2D eigenvalue weighted by atomic mass is 9.84. The molecule has 2 fully saturated rings. The van der Waals surface area contributed by atoms with Crippen LogP contribution >= 0.6 is 22.6 Å². The monoisotopic (exact) mass is 401 g/mol. The molecular weight excluding hydrogens is 377 g/mol. The van der Waals surface area contributed by atoms with E-state index in [4.69, 9.17) is 0 Å². The smallest absolute Gasteiger partial charge is 0.222 e. The first-order chi connectivity index (χ1) is 10.0. The van der Waals surface area contributed by atoms with E-state index in [0.29, 0.717) is 24.9 Å². The Morgan fingerprint density at radius 3 is 2.90 bits per heavy atom. The molecule has 0 spiro atoms. The molecule has 4 atom stereocenters. The Morgan fingerprint density at radius 2 is 2.33 bits per heavy atom. The SMILES string of the molecule is Cc1c(I)cnn1CCC(=O)N[C@H](C)[C@@H]1C[C@H]2CC[C@H]1C2. The molecule has 3 rings (SSSR count).